The van der Waals surface area contributed by atoms with E-state index in [-0.39, 0.29) is 11.8 Å². The van der Waals surface area contributed by atoms with E-state index < -0.39 is 0 Å². The summed E-state index contributed by atoms with van der Waals surface area (Å²) in [7, 11) is 0. The molecule has 18 heavy (non-hydrogen) atoms. The molecule has 0 amide bonds. The first-order chi connectivity index (χ1) is 8.79. The zero-order valence-corrected chi connectivity index (χ0v) is 9.52. The molecule has 1 heterocycles. The predicted octanol–water partition coefficient (Wildman–Crippen LogP) is 1.15. The first-order valence-electron chi connectivity index (χ1n) is 5.27. The molecule has 1 aromatic carbocycles. The van der Waals surface area contributed by atoms with Crippen molar-refractivity contribution in [2.75, 3.05) is 0 Å². The third-order valence-corrected chi connectivity index (χ3v) is 2.21. The highest BCUT2D eigenvalue weighted by Gasteiger charge is 2.04. The van der Waals surface area contributed by atoms with Crippen LogP contribution in [0.15, 0.2) is 47.8 Å². The minimum atomic E-state index is -0.0815. The van der Waals surface area contributed by atoms with Crippen LogP contribution in [-0.4, -0.2) is 21.0 Å². The van der Waals surface area contributed by atoms with Gasteiger partial charge in [0.2, 0.25) is 0 Å². The van der Waals surface area contributed by atoms with Crippen molar-refractivity contribution < 1.29 is 9.94 Å². The molecule has 6 heteroatoms. The van der Waals surface area contributed by atoms with Gasteiger partial charge >= 0.3 is 6.01 Å². The van der Waals surface area contributed by atoms with Gasteiger partial charge in [-0.05, 0) is 11.6 Å². The molecule has 1 aromatic heterocycles. The van der Waals surface area contributed by atoms with Gasteiger partial charge in [-0.3, -0.25) is 0 Å². The summed E-state index contributed by atoms with van der Waals surface area (Å²) in [5.74, 6) is -0.0815. The van der Waals surface area contributed by atoms with E-state index in [0.29, 0.717) is 12.3 Å². The van der Waals surface area contributed by atoms with Gasteiger partial charge in [0.05, 0.1) is 0 Å². The van der Waals surface area contributed by atoms with Gasteiger partial charge < -0.3 is 15.7 Å². The SMILES string of the molecule is N/C(=N/O)c1ccnc(OCc2ccccc2)n1. The molecule has 0 saturated carbocycles. The summed E-state index contributed by atoms with van der Waals surface area (Å²) >= 11 is 0. The standard InChI is InChI=1S/C12H12N4O2/c13-11(16-17)10-6-7-14-12(15-10)18-8-9-4-2-1-3-5-9/h1-7,17H,8H2,(H2,13,16). The van der Waals surface area contributed by atoms with E-state index in [4.69, 9.17) is 15.7 Å². The number of amidine groups is 1. The summed E-state index contributed by atoms with van der Waals surface area (Å²) < 4.78 is 5.41. The molecule has 0 atom stereocenters. The number of rotatable bonds is 4. The maximum Gasteiger partial charge on any atom is 0.317 e. The second-order valence-corrected chi connectivity index (χ2v) is 3.48. The minimum absolute atomic E-state index is 0.0815. The number of aromatic nitrogens is 2. The van der Waals surface area contributed by atoms with Gasteiger partial charge in [-0.2, -0.15) is 4.98 Å². The molecule has 6 nitrogen and oxygen atoms in total. The maximum atomic E-state index is 8.55. The van der Waals surface area contributed by atoms with Crippen LogP contribution in [0, 0.1) is 0 Å². The lowest BCUT2D eigenvalue weighted by molar-refractivity contribution is 0.280. The molecule has 0 aliphatic carbocycles. The van der Waals surface area contributed by atoms with Gasteiger partial charge in [0.1, 0.15) is 12.3 Å². The van der Waals surface area contributed by atoms with Crippen molar-refractivity contribution in [2.45, 2.75) is 6.61 Å². The Hall–Kier alpha value is -2.63. The van der Waals surface area contributed by atoms with Crippen molar-refractivity contribution >= 4 is 5.84 Å². The molecular formula is C12H12N4O2. The van der Waals surface area contributed by atoms with Crippen LogP contribution in [0.4, 0.5) is 0 Å². The van der Waals surface area contributed by atoms with Crippen LogP contribution in [0.1, 0.15) is 11.3 Å². The lowest BCUT2D eigenvalue weighted by Gasteiger charge is -2.05. The van der Waals surface area contributed by atoms with Crippen molar-refractivity contribution in [2.24, 2.45) is 10.9 Å². The minimum Gasteiger partial charge on any atom is -0.459 e. The predicted molar refractivity (Wildman–Crippen MR) is 65.3 cm³/mol. The van der Waals surface area contributed by atoms with Crippen LogP contribution in [-0.2, 0) is 6.61 Å². The van der Waals surface area contributed by atoms with Crippen molar-refractivity contribution in [1.29, 1.82) is 0 Å². The Morgan fingerprint density at radius 1 is 1.28 bits per heavy atom. The van der Waals surface area contributed by atoms with Crippen LogP contribution < -0.4 is 10.5 Å². The van der Waals surface area contributed by atoms with Gasteiger partial charge in [0.15, 0.2) is 5.84 Å². The Labute approximate surface area is 104 Å². The second-order valence-electron chi connectivity index (χ2n) is 3.48. The molecule has 2 rings (SSSR count). The smallest absolute Gasteiger partial charge is 0.317 e. The molecule has 0 spiro atoms. The summed E-state index contributed by atoms with van der Waals surface area (Å²) in [4.78, 5) is 7.96. The van der Waals surface area contributed by atoms with Crippen LogP contribution in [0.3, 0.4) is 0 Å². The Balaban J connectivity index is 2.06. The molecule has 92 valence electrons. The average Bonchev–Trinajstić information content (AvgIpc) is 2.45. The maximum absolute atomic E-state index is 8.55. The van der Waals surface area contributed by atoms with E-state index in [9.17, 15) is 0 Å². The molecule has 3 N–H and O–H groups in total. The number of oxime groups is 1. The van der Waals surface area contributed by atoms with Crippen molar-refractivity contribution in [3.8, 4) is 6.01 Å². The third kappa shape index (κ3) is 2.94. The van der Waals surface area contributed by atoms with Gasteiger partial charge in [0, 0.05) is 6.20 Å². The Morgan fingerprint density at radius 3 is 2.78 bits per heavy atom. The highest BCUT2D eigenvalue weighted by atomic mass is 16.5. The topological polar surface area (TPSA) is 93.6 Å². The number of nitrogens with zero attached hydrogens (tertiary/aromatic N) is 3. The number of ether oxygens (including phenoxy) is 1. The molecule has 0 fully saturated rings. The molecule has 0 bridgehead atoms. The van der Waals surface area contributed by atoms with E-state index in [1.54, 1.807) is 0 Å². The number of hydrogen-bond acceptors (Lipinski definition) is 5. The molecule has 0 aliphatic rings. The lowest BCUT2D eigenvalue weighted by atomic mass is 10.2. The summed E-state index contributed by atoms with van der Waals surface area (Å²) in [6.45, 7) is 0.362. The number of nitrogens with two attached hydrogens (primary N) is 1. The number of benzene rings is 1. The molecule has 0 radical (unpaired) electrons. The van der Waals surface area contributed by atoms with Crippen LogP contribution in [0.5, 0.6) is 6.01 Å². The largest absolute Gasteiger partial charge is 0.459 e. The molecular weight excluding hydrogens is 232 g/mol. The monoisotopic (exact) mass is 244 g/mol. The summed E-state index contributed by atoms with van der Waals surface area (Å²) in [6, 6.07) is 11.4. The fraction of sp³-hybridized carbons (Fsp3) is 0.0833. The number of hydrogen-bond donors (Lipinski definition) is 2. The van der Waals surface area contributed by atoms with E-state index >= 15 is 0 Å². The molecule has 2 aromatic rings. The van der Waals surface area contributed by atoms with E-state index in [2.05, 4.69) is 15.1 Å². The zero-order valence-electron chi connectivity index (χ0n) is 9.52. The molecule has 0 saturated heterocycles. The highest BCUT2D eigenvalue weighted by Crippen LogP contribution is 2.07. The average molecular weight is 244 g/mol. The van der Waals surface area contributed by atoms with Crippen LogP contribution in [0.25, 0.3) is 0 Å². The highest BCUT2D eigenvalue weighted by molar-refractivity contribution is 5.95. The van der Waals surface area contributed by atoms with E-state index in [1.807, 2.05) is 30.3 Å². The molecule has 0 unspecified atom stereocenters. The van der Waals surface area contributed by atoms with Crippen molar-refractivity contribution in [3.63, 3.8) is 0 Å². The second kappa shape index (κ2) is 5.62. The summed E-state index contributed by atoms with van der Waals surface area (Å²) in [5, 5.41) is 11.4. The van der Waals surface area contributed by atoms with Crippen LogP contribution >= 0.6 is 0 Å². The van der Waals surface area contributed by atoms with Crippen LogP contribution in [0.2, 0.25) is 0 Å². The van der Waals surface area contributed by atoms with Gasteiger partial charge in [-0.15, -0.1) is 0 Å². The normalized spacial score (nSPS) is 11.2. The molecule has 0 aliphatic heterocycles. The van der Waals surface area contributed by atoms with E-state index in [0.717, 1.165) is 5.56 Å². The lowest BCUT2D eigenvalue weighted by Crippen LogP contribution is -2.15. The Kier molecular flexibility index (Phi) is 3.70. The van der Waals surface area contributed by atoms with Gasteiger partial charge in [-0.1, -0.05) is 35.5 Å². The summed E-state index contributed by atoms with van der Waals surface area (Å²) in [6.07, 6.45) is 1.49. The third-order valence-electron chi connectivity index (χ3n) is 2.21. The zero-order chi connectivity index (χ0) is 12.8. The van der Waals surface area contributed by atoms with Crippen molar-refractivity contribution in [3.05, 3.63) is 53.9 Å². The van der Waals surface area contributed by atoms with Gasteiger partial charge in [-0.25, -0.2) is 4.98 Å². The quantitative estimate of drug-likeness (QED) is 0.364. The fourth-order valence-electron chi connectivity index (χ4n) is 1.33. The first kappa shape index (κ1) is 11.8. The van der Waals surface area contributed by atoms with E-state index in [1.165, 1.54) is 12.3 Å². The fourth-order valence-corrected chi connectivity index (χ4v) is 1.33. The first-order valence-corrected chi connectivity index (χ1v) is 5.27. The summed E-state index contributed by atoms with van der Waals surface area (Å²) in [5.41, 5.74) is 6.75. The Bertz CT molecular complexity index is 543. The van der Waals surface area contributed by atoms with Gasteiger partial charge in [0.25, 0.3) is 0 Å². The Morgan fingerprint density at radius 2 is 2.06 bits per heavy atom. The van der Waals surface area contributed by atoms with Crippen molar-refractivity contribution in [1.82, 2.24) is 9.97 Å².